The lowest BCUT2D eigenvalue weighted by atomic mass is 9.98. The molecule has 1 heterocycles. The number of aryl methyl sites for hydroxylation is 3. The van der Waals surface area contributed by atoms with Crippen LogP contribution in [0.5, 0.6) is 0 Å². The van der Waals surface area contributed by atoms with E-state index in [4.69, 9.17) is 5.84 Å². The Morgan fingerprint density at radius 2 is 1.95 bits per heavy atom. The zero-order chi connectivity index (χ0) is 14.4. The summed E-state index contributed by atoms with van der Waals surface area (Å²) in [6.45, 7) is 4.30. The molecule has 2 aromatic rings. The molecule has 1 atom stereocenters. The van der Waals surface area contributed by atoms with Crippen LogP contribution < -0.4 is 11.3 Å². The third-order valence-electron chi connectivity index (χ3n) is 3.56. The average Bonchev–Trinajstić information content (AvgIpc) is 2.89. The fourth-order valence-corrected chi connectivity index (χ4v) is 3.44. The lowest BCUT2D eigenvalue weighted by Gasteiger charge is -2.16. The minimum absolute atomic E-state index is 0.358. The SMILES string of the molecule is Cc1cc(C)cc(CC(CCCc2cccs2)NN)c1. The number of nitrogens with two attached hydrogens (primary N) is 1. The van der Waals surface area contributed by atoms with Gasteiger partial charge in [-0.05, 0) is 56.5 Å². The van der Waals surface area contributed by atoms with Crippen LogP contribution in [0.25, 0.3) is 0 Å². The summed E-state index contributed by atoms with van der Waals surface area (Å²) in [6.07, 6.45) is 4.45. The van der Waals surface area contributed by atoms with E-state index in [0.29, 0.717) is 6.04 Å². The first-order valence-corrected chi connectivity index (χ1v) is 8.11. The van der Waals surface area contributed by atoms with Gasteiger partial charge in [-0.15, -0.1) is 11.3 Å². The van der Waals surface area contributed by atoms with Crippen molar-refractivity contribution in [3.8, 4) is 0 Å². The molecular formula is C17H24N2S. The molecule has 1 aromatic carbocycles. The van der Waals surface area contributed by atoms with Crippen molar-refractivity contribution in [1.82, 2.24) is 5.43 Å². The molecule has 2 nitrogen and oxygen atoms in total. The number of rotatable bonds is 7. The predicted octanol–water partition coefficient (Wildman–Crippen LogP) is 3.76. The lowest BCUT2D eigenvalue weighted by molar-refractivity contribution is 0.477. The van der Waals surface area contributed by atoms with E-state index in [-0.39, 0.29) is 0 Å². The molecule has 0 fully saturated rings. The van der Waals surface area contributed by atoms with Gasteiger partial charge in [-0.2, -0.15) is 0 Å². The summed E-state index contributed by atoms with van der Waals surface area (Å²) >= 11 is 1.84. The third-order valence-corrected chi connectivity index (χ3v) is 4.49. The van der Waals surface area contributed by atoms with Gasteiger partial charge in [-0.3, -0.25) is 11.3 Å². The van der Waals surface area contributed by atoms with Crippen LogP contribution in [0.4, 0.5) is 0 Å². The first-order chi connectivity index (χ1) is 9.67. The number of hydrogen-bond acceptors (Lipinski definition) is 3. The Kier molecular flexibility index (Phi) is 5.77. The number of hydrazine groups is 1. The fraction of sp³-hybridized carbons (Fsp3) is 0.412. The fourth-order valence-electron chi connectivity index (χ4n) is 2.69. The van der Waals surface area contributed by atoms with Gasteiger partial charge in [-0.1, -0.05) is 35.4 Å². The zero-order valence-electron chi connectivity index (χ0n) is 12.4. The van der Waals surface area contributed by atoms with Crippen molar-refractivity contribution >= 4 is 11.3 Å². The monoisotopic (exact) mass is 288 g/mol. The van der Waals surface area contributed by atoms with Crippen molar-refractivity contribution in [2.24, 2.45) is 5.84 Å². The second-order valence-corrected chi connectivity index (χ2v) is 6.57. The van der Waals surface area contributed by atoms with Gasteiger partial charge >= 0.3 is 0 Å². The number of hydrogen-bond donors (Lipinski definition) is 2. The van der Waals surface area contributed by atoms with Crippen molar-refractivity contribution in [1.29, 1.82) is 0 Å². The van der Waals surface area contributed by atoms with Crippen molar-refractivity contribution in [3.05, 3.63) is 57.3 Å². The summed E-state index contributed by atoms with van der Waals surface area (Å²) in [6, 6.07) is 11.4. The van der Waals surface area contributed by atoms with Crippen LogP contribution in [0.2, 0.25) is 0 Å². The van der Waals surface area contributed by atoms with E-state index in [1.165, 1.54) is 28.0 Å². The predicted molar refractivity (Wildman–Crippen MR) is 88.0 cm³/mol. The van der Waals surface area contributed by atoms with E-state index in [1.54, 1.807) is 0 Å². The Morgan fingerprint density at radius 3 is 2.55 bits per heavy atom. The van der Waals surface area contributed by atoms with Gasteiger partial charge in [0.05, 0.1) is 0 Å². The van der Waals surface area contributed by atoms with Crippen LogP contribution in [0.3, 0.4) is 0 Å². The van der Waals surface area contributed by atoms with Gasteiger partial charge in [0, 0.05) is 10.9 Å². The maximum Gasteiger partial charge on any atom is 0.0251 e. The van der Waals surface area contributed by atoms with Crippen molar-refractivity contribution in [2.45, 2.75) is 45.6 Å². The van der Waals surface area contributed by atoms with Gasteiger partial charge in [0.1, 0.15) is 0 Å². The Morgan fingerprint density at radius 1 is 1.20 bits per heavy atom. The standard InChI is InChI=1S/C17H24N2S/c1-13-9-14(2)11-15(10-13)12-16(19-18)5-3-6-17-7-4-8-20-17/h4,7-11,16,19H,3,5-6,12,18H2,1-2H3. The Bertz CT molecular complexity index is 500. The molecule has 0 aliphatic rings. The topological polar surface area (TPSA) is 38.0 Å². The molecule has 20 heavy (non-hydrogen) atoms. The molecule has 1 unspecified atom stereocenters. The summed E-state index contributed by atoms with van der Waals surface area (Å²) in [5.41, 5.74) is 7.01. The lowest BCUT2D eigenvalue weighted by Crippen LogP contribution is -2.36. The Labute approximate surface area is 126 Å². The average molecular weight is 288 g/mol. The molecule has 0 amide bonds. The van der Waals surface area contributed by atoms with E-state index >= 15 is 0 Å². The highest BCUT2D eigenvalue weighted by atomic mass is 32.1. The van der Waals surface area contributed by atoms with Crippen molar-refractivity contribution in [2.75, 3.05) is 0 Å². The molecule has 0 spiro atoms. The smallest absolute Gasteiger partial charge is 0.0251 e. The first-order valence-electron chi connectivity index (χ1n) is 7.23. The van der Waals surface area contributed by atoms with Gasteiger partial charge in [0.15, 0.2) is 0 Å². The molecule has 0 aliphatic carbocycles. The molecule has 0 aliphatic heterocycles. The highest BCUT2D eigenvalue weighted by molar-refractivity contribution is 7.09. The minimum Gasteiger partial charge on any atom is -0.271 e. The van der Waals surface area contributed by atoms with Crippen molar-refractivity contribution < 1.29 is 0 Å². The summed E-state index contributed by atoms with van der Waals surface area (Å²) < 4.78 is 0. The highest BCUT2D eigenvalue weighted by Crippen LogP contribution is 2.15. The highest BCUT2D eigenvalue weighted by Gasteiger charge is 2.08. The minimum atomic E-state index is 0.358. The van der Waals surface area contributed by atoms with E-state index in [1.807, 2.05) is 11.3 Å². The summed E-state index contributed by atoms with van der Waals surface area (Å²) in [4.78, 5) is 1.46. The van der Waals surface area contributed by atoms with E-state index in [2.05, 4.69) is 55.0 Å². The second kappa shape index (κ2) is 7.58. The largest absolute Gasteiger partial charge is 0.271 e. The number of thiophene rings is 1. The molecule has 0 radical (unpaired) electrons. The molecule has 1 aromatic heterocycles. The van der Waals surface area contributed by atoms with Crippen molar-refractivity contribution in [3.63, 3.8) is 0 Å². The molecule has 3 heteroatoms. The quantitative estimate of drug-likeness (QED) is 0.601. The van der Waals surface area contributed by atoms with Gasteiger partial charge in [0.2, 0.25) is 0 Å². The normalized spacial score (nSPS) is 12.6. The van der Waals surface area contributed by atoms with Crippen LogP contribution in [-0.2, 0) is 12.8 Å². The van der Waals surface area contributed by atoms with E-state index in [0.717, 1.165) is 19.3 Å². The first kappa shape index (κ1) is 15.2. The molecule has 3 N–H and O–H groups in total. The molecule has 0 saturated heterocycles. The Balaban J connectivity index is 1.85. The van der Waals surface area contributed by atoms with Crippen LogP contribution in [-0.4, -0.2) is 6.04 Å². The molecule has 2 rings (SSSR count). The maximum atomic E-state index is 5.71. The molecular weight excluding hydrogens is 264 g/mol. The molecule has 108 valence electrons. The van der Waals surface area contributed by atoms with Gasteiger partial charge in [-0.25, -0.2) is 0 Å². The van der Waals surface area contributed by atoms with Crippen LogP contribution >= 0.6 is 11.3 Å². The zero-order valence-corrected chi connectivity index (χ0v) is 13.2. The van der Waals surface area contributed by atoms with Gasteiger partial charge in [0.25, 0.3) is 0 Å². The number of nitrogens with one attached hydrogen (secondary N) is 1. The third kappa shape index (κ3) is 4.75. The van der Waals surface area contributed by atoms with Crippen LogP contribution in [0, 0.1) is 13.8 Å². The summed E-state index contributed by atoms with van der Waals surface area (Å²) in [7, 11) is 0. The molecule has 0 saturated carbocycles. The molecule has 0 bridgehead atoms. The van der Waals surface area contributed by atoms with E-state index in [9.17, 15) is 0 Å². The Hall–Kier alpha value is -1.16. The van der Waals surface area contributed by atoms with Crippen LogP contribution in [0.1, 0.15) is 34.4 Å². The maximum absolute atomic E-state index is 5.71. The second-order valence-electron chi connectivity index (χ2n) is 5.54. The summed E-state index contributed by atoms with van der Waals surface area (Å²) in [5.74, 6) is 5.71. The number of benzene rings is 1. The summed E-state index contributed by atoms with van der Waals surface area (Å²) in [5, 5.41) is 2.14. The van der Waals surface area contributed by atoms with Gasteiger partial charge < -0.3 is 0 Å². The van der Waals surface area contributed by atoms with Crippen LogP contribution in [0.15, 0.2) is 35.7 Å². The van der Waals surface area contributed by atoms with E-state index < -0.39 is 0 Å².